The minimum atomic E-state index is -4.41. The molecule has 0 radical (unpaired) electrons. The van der Waals surface area contributed by atoms with Crippen LogP contribution in [-0.2, 0) is 28.9 Å². The molecule has 2 atom stereocenters. The van der Waals surface area contributed by atoms with Gasteiger partial charge in [-0.3, -0.25) is 9.59 Å². The maximum absolute atomic E-state index is 15.3. The summed E-state index contributed by atoms with van der Waals surface area (Å²) in [5.74, 6) is -3.80. The Bertz CT molecular complexity index is 1240. The molecule has 182 valence electrons. The van der Waals surface area contributed by atoms with E-state index in [0.29, 0.717) is 5.02 Å². The van der Waals surface area contributed by atoms with Crippen LogP contribution in [-0.4, -0.2) is 51.0 Å². The van der Waals surface area contributed by atoms with E-state index in [9.17, 15) is 22.4 Å². The van der Waals surface area contributed by atoms with Crippen molar-refractivity contribution in [1.82, 2.24) is 4.90 Å². The summed E-state index contributed by atoms with van der Waals surface area (Å²) in [7, 11) is -4.41. The normalized spacial score (nSPS) is 21.8. The summed E-state index contributed by atoms with van der Waals surface area (Å²) in [6.07, 6.45) is -0.518. The van der Waals surface area contributed by atoms with Crippen molar-refractivity contribution in [2.45, 2.75) is 41.9 Å². The van der Waals surface area contributed by atoms with Gasteiger partial charge in [0.15, 0.2) is 21.4 Å². The number of esters is 1. The molecular weight excluding hydrogens is 492 g/mol. The maximum Gasteiger partial charge on any atom is 0.315 e. The quantitative estimate of drug-likeness (QED) is 0.448. The lowest BCUT2D eigenvalue weighted by Crippen LogP contribution is -2.64. The number of benzene rings is 2. The fourth-order valence-electron chi connectivity index (χ4n) is 4.84. The molecule has 7 nitrogen and oxygen atoms in total. The summed E-state index contributed by atoms with van der Waals surface area (Å²) in [5, 5.41) is 0.299. The first-order chi connectivity index (χ1) is 16.1. The molecule has 2 aromatic carbocycles. The van der Waals surface area contributed by atoms with Gasteiger partial charge in [-0.15, -0.1) is 0 Å². The Hall–Kier alpha value is -2.72. The second kappa shape index (κ2) is 9.14. The summed E-state index contributed by atoms with van der Waals surface area (Å²) in [4.78, 5) is 26.0. The smallest absolute Gasteiger partial charge is 0.315 e. The van der Waals surface area contributed by atoms with Gasteiger partial charge in [0, 0.05) is 11.6 Å². The molecule has 0 bridgehead atoms. The summed E-state index contributed by atoms with van der Waals surface area (Å²) < 4.78 is 66.6. The highest BCUT2D eigenvalue weighted by atomic mass is 35.5. The SMILES string of the molecule is CCOC(=O)CC(=O)N1CCC[C@]2(S(=O)(=O)c3ccc(Cl)cc3)c3c(F)ccc(F)c3OC[C@H]12. The van der Waals surface area contributed by atoms with E-state index >= 15 is 4.39 Å². The number of carbonyl (C=O) groups excluding carboxylic acids is 2. The van der Waals surface area contributed by atoms with Crippen LogP contribution >= 0.6 is 11.6 Å². The zero-order valence-corrected chi connectivity index (χ0v) is 19.8. The van der Waals surface area contributed by atoms with Crippen LogP contribution in [0, 0.1) is 11.6 Å². The van der Waals surface area contributed by atoms with Gasteiger partial charge in [-0.05, 0) is 56.2 Å². The van der Waals surface area contributed by atoms with E-state index in [1.165, 1.54) is 29.2 Å². The number of hydrogen-bond donors (Lipinski definition) is 0. The highest BCUT2D eigenvalue weighted by Crippen LogP contribution is 2.53. The molecule has 11 heteroatoms. The van der Waals surface area contributed by atoms with Gasteiger partial charge in [-0.25, -0.2) is 17.2 Å². The molecule has 1 fully saturated rings. The van der Waals surface area contributed by atoms with Gasteiger partial charge in [0.2, 0.25) is 5.91 Å². The fraction of sp³-hybridized carbons (Fsp3) is 0.391. The van der Waals surface area contributed by atoms with Crippen LogP contribution in [0.1, 0.15) is 31.7 Å². The number of piperidine rings is 1. The number of sulfone groups is 1. The van der Waals surface area contributed by atoms with Gasteiger partial charge in [-0.1, -0.05) is 11.6 Å². The molecular formula is C23H22ClF2NO6S. The lowest BCUT2D eigenvalue weighted by molar-refractivity contribution is -0.151. The van der Waals surface area contributed by atoms with Crippen LogP contribution in [0.25, 0.3) is 0 Å². The number of halogens is 3. The van der Waals surface area contributed by atoms with Crippen molar-refractivity contribution in [3.63, 3.8) is 0 Å². The molecule has 0 aliphatic carbocycles. The van der Waals surface area contributed by atoms with E-state index in [1.807, 2.05) is 0 Å². The first-order valence-electron chi connectivity index (χ1n) is 10.7. The van der Waals surface area contributed by atoms with Crippen LogP contribution in [0.4, 0.5) is 8.78 Å². The summed E-state index contributed by atoms with van der Waals surface area (Å²) in [6, 6.07) is 5.85. The standard InChI is InChI=1S/C23H22ClF2NO6S/c1-2-32-20(29)12-19(28)27-11-3-10-23(34(30,31)15-6-4-14(24)5-7-15)18(27)13-33-22-17(26)9-8-16(25)21(22)23/h4-9,18H,2-3,10-13H2,1H3/t18-,23+/m0/s1. The van der Waals surface area contributed by atoms with Crippen molar-refractivity contribution in [2.24, 2.45) is 0 Å². The molecule has 4 rings (SSSR count). The number of hydrogen-bond acceptors (Lipinski definition) is 6. The van der Waals surface area contributed by atoms with Gasteiger partial charge < -0.3 is 14.4 Å². The Labute approximate surface area is 200 Å². The maximum atomic E-state index is 15.3. The van der Waals surface area contributed by atoms with Crippen molar-refractivity contribution in [3.8, 4) is 5.75 Å². The largest absolute Gasteiger partial charge is 0.488 e. The first kappa shape index (κ1) is 24.4. The number of rotatable bonds is 5. The molecule has 0 unspecified atom stereocenters. The zero-order valence-electron chi connectivity index (χ0n) is 18.2. The van der Waals surface area contributed by atoms with Crippen LogP contribution in [0.15, 0.2) is 41.3 Å². The van der Waals surface area contributed by atoms with Gasteiger partial charge in [0.1, 0.15) is 23.6 Å². The molecule has 0 N–H and O–H groups in total. The highest BCUT2D eigenvalue weighted by molar-refractivity contribution is 7.92. The van der Waals surface area contributed by atoms with Gasteiger partial charge in [0.05, 0.1) is 23.1 Å². The van der Waals surface area contributed by atoms with E-state index in [2.05, 4.69) is 0 Å². The highest BCUT2D eigenvalue weighted by Gasteiger charge is 2.61. The van der Waals surface area contributed by atoms with Gasteiger partial charge in [-0.2, -0.15) is 0 Å². The molecule has 34 heavy (non-hydrogen) atoms. The average molecular weight is 514 g/mol. The van der Waals surface area contributed by atoms with Crippen molar-refractivity contribution in [2.75, 3.05) is 19.8 Å². The van der Waals surface area contributed by atoms with Crippen LogP contribution in [0.2, 0.25) is 5.02 Å². The van der Waals surface area contributed by atoms with E-state index in [0.717, 1.165) is 12.1 Å². The molecule has 0 saturated carbocycles. The molecule has 2 heterocycles. The summed E-state index contributed by atoms with van der Waals surface area (Å²) in [5.41, 5.74) is -0.452. The summed E-state index contributed by atoms with van der Waals surface area (Å²) in [6.45, 7) is 1.40. The third-order valence-electron chi connectivity index (χ3n) is 6.25. The second-order valence-electron chi connectivity index (χ2n) is 8.08. The van der Waals surface area contributed by atoms with Crippen molar-refractivity contribution < 1.29 is 36.3 Å². The zero-order chi connectivity index (χ0) is 24.7. The minimum Gasteiger partial charge on any atom is -0.488 e. The molecule has 2 aliphatic heterocycles. The Morgan fingerprint density at radius 1 is 1.18 bits per heavy atom. The summed E-state index contributed by atoms with van der Waals surface area (Å²) >= 11 is 5.93. The van der Waals surface area contributed by atoms with Crippen molar-refractivity contribution in [1.29, 1.82) is 0 Å². The number of amides is 1. The second-order valence-corrected chi connectivity index (χ2v) is 10.7. The number of ether oxygens (including phenoxy) is 2. The Morgan fingerprint density at radius 2 is 1.85 bits per heavy atom. The Balaban J connectivity index is 1.91. The van der Waals surface area contributed by atoms with Crippen LogP contribution in [0.5, 0.6) is 5.75 Å². The average Bonchev–Trinajstić information content (AvgIpc) is 2.80. The molecule has 0 aromatic heterocycles. The topological polar surface area (TPSA) is 90.0 Å². The van der Waals surface area contributed by atoms with Gasteiger partial charge in [0.25, 0.3) is 0 Å². The van der Waals surface area contributed by atoms with E-state index < -0.39 is 68.5 Å². The van der Waals surface area contributed by atoms with Crippen molar-refractivity contribution in [3.05, 3.63) is 58.6 Å². The first-order valence-corrected chi connectivity index (χ1v) is 12.6. The minimum absolute atomic E-state index is 0.0748. The molecule has 1 saturated heterocycles. The number of carbonyl (C=O) groups is 2. The van der Waals surface area contributed by atoms with Crippen LogP contribution in [0.3, 0.4) is 0 Å². The number of likely N-dealkylation sites (tertiary alicyclic amines) is 1. The fourth-order valence-corrected chi connectivity index (χ4v) is 7.31. The van der Waals surface area contributed by atoms with Gasteiger partial charge >= 0.3 is 5.97 Å². The van der Waals surface area contributed by atoms with E-state index in [-0.39, 0.29) is 30.9 Å². The Kier molecular flexibility index (Phi) is 6.56. The molecule has 2 aliphatic rings. The molecule has 0 spiro atoms. The van der Waals surface area contributed by atoms with E-state index in [1.54, 1.807) is 6.92 Å². The third kappa shape index (κ3) is 3.82. The monoisotopic (exact) mass is 513 g/mol. The predicted molar refractivity (Wildman–Crippen MR) is 118 cm³/mol. The lowest BCUT2D eigenvalue weighted by Gasteiger charge is -2.51. The number of nitrogens with zero attached hydrogens (tertiary/aromatic N) is 1. The lowest BCUT2D eigenvalue weighted by atomic mass is 9.80. The van der Waals surface area contributed by atoms with Crippen LogP contribution < -0.4 is 4.74 Å². The number of fused-ring (bicyclic) bond motifs is 3. The van der Waals surface area contributed by atoms with Crippen molar-refractivity contribution >= 4 is 33.3 Å². The predicted octanol–water partition coefficient (Wildman–Crippen LogP) is 3.62. The third-order valence-corrected chi connectivity index (χ3v) is 9.04. The molecule has 1 amide bonds. The Morgan fingerprint density at radius 3 is 2.53 bits per heavy atom. The van der Waals surface area contributed by atoms with E-state index in [4.69, 9.17) is 21.1 Å². The molecule has 2 aromatic rings.